The summed E-state index contributed by atoms with van der Waals surface area (Å²) >= 11 is 1.57. The summed E-state index contributed by atoms with van der Waals surface area (Å²) in [6, 6.07) is 21.8. The van der Waals surface area contributed by atoms with Crippen LogP contribution in [0.25, 0.3) is 17.0 Å². The SMILES string of the molecule is C=C(N/N=c1\scc(-c2ccccc2)n1Cc1ccco1)c1ccc(OC)cc1. The van der Waals surface area contributed by atoms with E-state index in [1.807, 2.05) is 54.6 Å². The molecule has 0 saturated carbocycles. The summed E-state index contributed by atoms with van der Waals surface area (Å²) in [6.07, 6.45) is 1.69. The largest absolute Gasteiger partial charge is 0.497 e. The quantitative estimate of drug-likeness (QED) is 0.445. The highest BCUT2D eigenvalue weighted by Crippen LogP contribution is 2.21. The molecule has 0 radical (unpaired) electrons. The molecule has 0 bridgehead atoms. The molecule has 5 nitrogen and oxygen atoms in total. The maximum Gasteiger partial charge on any atom is 0.209 e. The Morgan fingerprint density at radius 1 is 1.10 bits per heavy atom. The van der Waals surface area contributed by atoms with Crippen molar-refractivity contribution in [2.75, 3.05) is 7.11 Å². The van der Waals surface area contributed by atoms with Crippen molar-refractivity contribution in [2.24, 2.45) is 5.10 Å². The Morgan fingerprint density at radius 3 is 2.59 bits per heavy atom. The van der Waals surface area contributed by atoms with E-state index in [1.165, 1.54) is 0 Å². The first-order valence-electron chi connectivity index (χ1n) is 9.14. The van der Waals surface area contributed by atoms with Crippen LogP contribution in [0, 0.1) is 0 Å². The predicted molar refractivity (Wildman–Crippen MR) is 116 cm³/mol. The molecule has 4 aromatic rings. The summed E-state index contributed by atoms with van der Waals surface area (Å²) in [5, 5.41) is 6.72. The second kappa shape index (κ2) is 8.67. The van der Waals surface area contributed by atoms with Crippen LogP contribution in [0.5, 0.6) is 5.75 Å². The van der Waals surface area contributed by atoms with Crippen molar-refractivity contribution in [3.8, 4) is 17.0 Å². The Bertz CT molecular complexity index is 1140. The Kier molecular flexibility index (Phi) is 5.63. The van der Waals surface area contributed by atoms with Crippen molar-refractivity contribution in [2.45, 2.75) is 6.54 Å². The number of hydrogen-bond acceptors (Lipinski definition) is 5. The monoisotopic (exact) mass is 403 g/mol. The molecule has 0 amide bonds. The van der Waals surface area contributed by atoms with E-state index in [4.69, 9.17) is 9.15 Å². The van der Waals surface area contributed by atoms with Crippen LogP contribution >= 0.6 is 11.3 Å². The smallest absolute Gasteiger partial charge is 0.209 e. The average molecular weight is 404 g/mol. The molecule has 2 aromatic carbocycles. The van der Waals surface area contributed by atoms with Gasteiger partial charge in [0.2, 0.25) is 4.80 Å². The molecule has 6 heteroatoms. The maximum absolute atomic E-state index is 5.56. The first kappa shape index (κ1) is 18.8. The van der Waals surface area contributed by atoms with E-state index in [1.54, 1.807) is 24.7 Å². The van der Waals surface area contributed by atoms with Crippen LogP contribution in [0.15, 0.2) is 94.5 Å². The molecule has 0 aliphatic heterocycles. The minimum atomic E-state index is 0.594. The van der Waals surface area contributed by atoms with E-state index < -0.39 is 0 Å². The van der Waals surface area contributed by atoms with Gasteiger partial charge >= 0.3 is 0 Å². The first-order chi connectivity index (χ1) is 14.2. The van der Waals surface area contributed by atoms with Crippen LogP contribution in [0.1, 0.15) is 11.3 Å². The van der Waals surface area contributed by atoms with Crippen LogP contribution in [0.3, 0.4) is 0 Å². The van der Waals surface area contributed by atoms with Gasteiger partial charge in [0.15, 0.2) is 0 Å². The van der Waals surface area contributed by atoms with Crippen molar-refractivity contribution in [1.82, 2.24) is 9.99 Å². The van der Waals surface area contributed by atoms with Gasteiger partial charge < -0.3 is 13.7 Å². The molecular formula is C23H21N3O2S. The highest BCUT2D eigenvalue weighted by atomic mass is 32.1. The number of methoxy groups -OCH3 is 1. The summed E-state index contributed by atoms with van der Waals surface area (Å²) in [7, 11) is 1.65. The van der Waals surface area contributed by atoms with Gasteiger partial charge in [0.25, 0.3) is 0 Å². The number of aromatic nitrogens is 1. The molecule has 2 aromatic heterocycles. The predicted octanol–water partition coefficient (Wildman–Crippen LogP) is 4.94. The minimum absolute atomic E-state index is 0.594. The van der Waals surface area contributed by atoms with E-state index in [0.29, 0.717) is 12.2 Å². The molecular weight excluding hydrogens is 382 g/mol. The van der Waals surface area contributed by atoms with E-state index >= 15 is 0 Å². The van der Waals surface area contributed by atoms with Gasteiger partial charge in [-0.15, -0.1) is 16.4 Å². The van der Waals surface area contributed by atoms with Crippen molar-refractivity contribution in [3.63, 3.8) is 0 Å². The van der Waals surface area contributed by atoms with Gasteiger partial charge in [0.05, 0.1) is 31.3 Å². The van der Waals surface area contributed by atoms with Gasteiger partial charge in [0.1, 0.15) is 11.5 Å². The number of ether oxygens (including phenoxy) is 1. The van der Waals surface area contributed by atoms with Gasteiger partial charge in [-0.3, -0.25) is 5.43 Å². The van der Waals surface area contributed by atoms with Crippen LogP contribution in [0.4, 0.5) is 0 Å². The van der Waals surface area contributed by atoms with E-state index in [9.17, 15) is 0 Å². The Morgan fingerprint density at radius 2 is 1.90 bits per heavy atom. The van der Waals surface area contributed by atoms with Gasteiger partial charge in [0, 0.05) is 5.38 Å². The van der Waals surface area contributed by atoms with E-state index in [0.717, 1.165) is 33.1 Å². The second-order valence-electron chi connectivity index (χ2n) is 6.37. The van der Waals surface area contributed by atoms with E-state index in [-0.39, 0.29) is 0 Å². The lowest BCUT2D eigenvalue weighted by atomic mass is 10.2. The second-order valence-corrected chi connectivity index (χ2v) is 7.20. The first-order valence-corrected chi connectivity index (χ1v) is 10.0. The number of nitrogens with zero attached hydrogens (tertiary/aromatic N) is 2. The van der Waals surface area contributed by atoms with Gasteiger partial charge in [-0.05, 0) is 47.5 Å². The number of furan rings is 1. The molecule has 0 fully saturated rings. The minimum Gasteiger partial charge on any atom is -0.497 e. The fraction of sp³-hybridized carbons (Fsp3) is 0.0870. The molecule has 2 heterocycles. The summed E-state index contributed by atoms with van der Waals surface area (Å²) in [5.41, 5.74) is 6.97. The van der Waals surface area contributed by atoms with Crippen molar-refractivity contribution >= 4 is 17.0 Å². The van der Waals surface area contributed by atoms with Crippen molar-refractivity contribution < 1.29 is 9.15 Å². The zero-order valence-electron chi connectivity index (χ0n) is 16.0. The summed E-state index contributed by atoms with van der Waals surface area (Å²) in [6.45, 7) is 4.69. The van der Waals surface area contributed by atoms with Gasteiger partial charge in [-0.1, -0.05) is 36.9 Å². The number of rotatable bonds is 7. The van der Waals surface area contributed by atoms with Gasteiger partial charge in [-0.2, -0.15) is 0 Å². The zero-order chi connectivity index (χ0) is 20.1. The lowest BCUT2D eigenvalue weighted by molar-refractivity contribution is 0.415. The summed E-state index contributed by atoms with van der Waals surface area (Å²) < 4.78 is 12.9. The third-order valence-electron chi connectivity index (χ3n) is 4.49. The molecule has 0 atom stereocenters. The molecule has 0 spiro atoms. The van der Waals surface area contributed by atoms with Crippen molar-refractivity contribution in [1.29, 1.82) is 0 Å². The standard InChI is InChI=1S/C23H21N3O2S/c1-17(18-10-12-20(27-2)13-11-18)24-25-23-26(15-21-9-6-14-28-21)22(16-29-23)19-7-4-3-5-8-19/h3-14,16,24H,1,15H2,2H3/b25-23-. The lowest BCUT2D eigenvalue weighted by Crippen LogP contribution is -2.20. The van der Waals surface area contributed by atoms with Crippen LogP contribution in [0.2, 0.25) is 0 Å². The summed E-state index contributed by atoms with van der Waals surface area (Å²) in [5.74, 6) is 1.68. The number of benzene rings is 2. The van der Waals surface area contributed by atoms with Crippen molar-refractivity contribution in [3.05, 3.63) is 101 Å². The Balaban J connectivity index is 1.65. The van der Waals surface area contributed by atoms with Crippen LogP contribution in [-0.2, 0) is 6.54 Å². The molecule has 29 heavy (non-hydrogen) atoms. The molecule has 146 valence electrons. The number of thiazole rings is 1. The maximum atomic E-state index is 5.56. The highest BCUT2D eigenvalue weighted by molar-refractivity contribution is 7.07. The van der Waals surface area contributed by atoms with Gasteiger partial charge in [-0.25, -0.2) is 0 Å². The van der Waals surface area contributed by atoms with Crippen LogP contribution in [-0.4, -0.2) is 11.7 Å². The fourth-order valence-corrected chi connectivity index (χ4v) is 3.81. The molecule has 1 N–H and O–H groups in total. The Labute approximate surface area is 173 Å². The number of hydrogen-bond donors (Lipinski definition) is 1. The number of nitrogens with one attached hydrogen (secondary N) is 1. The summed E-state index contributed by atoms with van der Waals surface area (Å²) in [4.78, 5) is 0.829. The molecule has 4 rings (SSSR count). The molecule has 0 aliphatic rings. The average Bonchev–Trinajstić information content (AvgIpc) is 3.43. The molecule has 0 aliphatic carbocycles. The third-order valence-corrected chi connectivity index (χ3v) is 5.35. The molecule has 0 unspecified atom stereocenters. The molecule has 0 saturated heterocycles. The Hall–Kier alpha value is -3.51. The van der Waals surface area contributed by atoms with E-state index in [2.05, 4.69) is 39.2 Å². The zero-order valence-corrected chi connectivity index (χ0v) is 16.9. The normalized spacial score (nSPS) is 11.4. The topological polar surface area (TPSA) is 51.7 Å². The highest BCUT2D eigenvalue weighted by Gasteiger charge is 2.10. The lowest BCUT2D eigenvalue weighted by Gasteiger charge is -2.09. The third kappa shape index (κ3) is 4.33. The van der Waals surface area contributed by atoms with Crippen LogP contribution < -0.4 is 15.0 Å². The fourth-order valence-electron chi connectivity index (χ4n) is 2.94.